The van der Waals surface area contributed by atoms with Crippen LogP contribution in [0.25, 0.3) is 0 Å². The Morgan fingerprint density at radius 1 is 1.67 bits per heavy atom. The summed E-state index contributed by atoms with van der Waals surface area (Å²) in [7, 11) is 0. The molecule has 0 amide bonds. The van der Waals surface area contributed by atoms with Crippen LogP contribution in [0.1, 0.15) is 19.8 Å². The van der Waals surface area contributed by atoms with Gasteiger partial charge in [0.2, 0.25) is 0 Å². The fourth-order valence-electron chi connectivity index (χ4n) is 1.15. The highest BCUT2D eigenvalue weighted by atomic mass is 32.2. The van der Waals surface area contributed by atoms with Crippen LogP contribution in [-0.2, 0) is 0 Å². The molecule has 1 N–H and O–H groups in total. The Bertz CT molecular complexity index is 181. The minimum absolute atomic E-state index is 0.141. The first-order valence-corrected chi connectivity index (χ1v) is 5.60. The molecule has 0 radical (unpaired) electrons. The summed E-state index contributed by atoms with van der Waals surface area (Å²) in [6, 6.07) is 2.22. The highest BCUT2D eigenvalue weighted by Crippen LogP contribution is 2.46. The lowest BCUT2D eigenvalue weighted by Gasteiger charge is -2.13. The van der Waals surface area contributed by atoms with Crippen LogP contribution >= 0.6 is 11.8 Å². The minimum Gasteiger partial charge on any atom is -0.314 e. The van der Waals surface area contributed by atoms with Gasteiger partial charge >= 0.3 is 0 Å². The van der Waals surface area contributed by atoms with E-state index in [-0.39, 0.29) is 5.92 Å². The molecule has 0 saturated heterocycles. The van der Waals surface area contributed by atoms with Crippen molar-refractivity contribution < 1.29 is 0 Å². The molecule has 0 bridgehead atoms. The van der Waals surface area contributed by atoms with Gasteiger partial charge in [0.15, 0.2) is 0 Å². The van der Waals surface area contributed by atoms with Crippen molar-refractivity contribution >= 4 is 11.8 Å². The second-order valence-electron chi connectivity index (χ2n) is 3.55. The number of hydrogen-bond donors (Lipinski definition) is 1. The molecule has 2 nitrogen and oxygen atoms in total. The Morgan fingerprint density at radius 2 is 2.33 bits per heavy atom. The van der Waals surface area contributed by atoms with Gasteiger partial charge in [0.1, 0.15) is 0 Å². The lowest BCUT2D eigenvalue weighted by molar-refractivity contribution is 0.590. The second-order valence-corrected chi connectivity index (χ2v) is 4.82. The van der Waals surface area contributed by atoms with Crippen molar-refractivity contribution in [2.24, 2.45) is 5.92 Å². The molecule has 0 aliphatic heterocycles. The Labute approximate surface area is 78.7 Å². The number of thioether (sulfide) groups is 1. The molecule has 0 aromatic carbocycles. The Morgan fingerprint density at radius 3 is 2.75 bits per heavy atom. The summed E-state index contributed by atoms with van der Waals surface area (Å²) in [5.41, 5.74) is 0. The SMILES string of the molecule is CSC1(CNCC(C)C#N)CC1. The van der Waals surface area contributed by atoms with Gasteiger partial charge in [0.05, 0.1) is 12.0 Å². The normalized spacial score (nSPS) is 21.4. The zero-order valence-electron chi connectivity index (χ0n) is 7.76. The number of nitrogens with one attached hydrogen (secondary N) is 1. The van der Waals surface area contributed by atoms with E-state index in [0.717, 1.165) is 13.1 Å². The first kappa shape index (κ1) is 9.88. The van der Waals surface area contributed by atoms with E-state index in [0.29, 0.717) is 4.75 Å². The molecule has 12 heavy (non-hydrogen) atoms. The highest BCUT2D eigenvalue weighted by Gasteiger charge is 2.41. The van der Waals surface area contributed by atoms with Gasteiger partial charge in [-0.25, -0.2) is 0 Å². The molecule has 1 rings (SSSR count). The molecule has 1 aliphatic carbocycles. The van der Waals surface area contributed by atoms with Crippen molar-refractivity contribution in [1.29, 1.82) is 5.26 Å². The van der Waals surface area contributed by atoms with E-state index in [1.165, 1.54) is 12.8 Å². The molecular formula is C9H16N2S. The molecule has 1 aliphatic rings. The van der Waals surface area contributed by atoms with Crippen LogP contribution in [0.3, 0.4) is 0 Å². The van der Waals surface area contributed by atoms with E-state index in [1.54, 1.807) is 0 Å². The largest absolute Gasteiger partial charge is 0.314 e. The first-order chi connectivity index (χ1) is 5.72. The van der Waals surface area contributed by atoms with Gasteiger partial charge in [-0.15, -0.1) is 0 Å². The average molecular weight is 184 g/mol. The van der Waals surface area contributed by atoms with E-state index in [2.05, 4.69) is 17.6 Å². The maximum Gasteiger partial charge on any atom is 0.0666 e. The third-order valence-electron chi connectivity index (χ3n) is 2.36. The van der Waals surface area contributed by atoms with Crippen LogP contribution in [0, 0.1) is 17.2 Å². The monoisotopic (exact) mass is 184 g/mol. The summed E-state index contributed by atoms with van der Waals surface area (Å²) in [5.74, 6) is 0.141. The smallest absolute Gasteiger partial charge is 0.0666 e. The minimum atomic E-state index is 0.141. The average Bonchev–Trinajstić information content (AvgIpc) is 2.85. The Kier molecular flexibility index (Phi) is 3.42. The summed E-state index contributed by atoms with van der Waals surface area (Å²) < 4.78 is 0.523. The lowest BCUT2D eigenvalue weighted by Crippen LogP contribution is -2.29. The van der Waals surface area contributed by atoms with Crippen LogP contribution in [0.4, 0.5) is 0 Å². The van der Waals surface area contributed by atoms with E-state index in [4.69, 9.17) is 5.26 Å². The fraction of sp³-hybridized carbons (Fsp3) is 0.889. The zero-order valence-corrected chi connectivity index (χ0v) is 8.58. The molecule has 0 heterocycles. The van der Waals surface area contributed by atoms with Crippen LogP contribution in [0.5, 0.6) is 0 Å². The quantitative estimate of drug-likeness (QED) is 0.705. The summed E-state index contributed by atoms with van der Waals surface area (Å²) >= 11 is 1.95. The van der Waals surface area contributed by atoms with Crippen LogP contribution < -0.4 is 5.32 Å². The summed E-state index contributed by atoms with van der Waals surface area (Å²) in [5, 5.41) is 11.9. The van der Waals surface area contributed by atoms with E-state index in [1.807, 2.05) is 18.7 Å². The van der Waals surface area contributed by atoms with Crippen LogP contribution in [-0.4, -0.2) is 24.1 Å². The van der Waals surface area contributed by atoms with Gasteiger partial charge in [-0.2, -0.15) is 17.0 Å². The summed E-state index contributed by atoms with van der Waals surface area (Å²) in [6.45, 7) is 3.85. The van der Waals surface area contributed by atoms with Crippen molar-refractivity contribution in [1.82, 2.24) is 5.32 Å². The van der Waals surface area contributed by atoms with Crippen LogP contribution in [0.2, 0.25) is 0 Å². The molecule has 0 aromatic rings. The third-order valence-corrected chi connectivity index (χ3v) is 3.78. The second kappa shape index (κ2) is 4.15. The molecule has 1 saturated carbocycles. The van der Waals surface area contributed by atoms with Crippen molar-refractivity contribution in [3.63, 3.8) is 0 Å². The highest BCUT2D eigenvalue weighted by molar-refractivity contribution is 8.00. The summed E-state index contributed by atoms with van der Waals surface area (Å²) in [4.78, 5) is 0. The van der Waals surface area contributed by atoms with Crippen molar-refractivity contribution in [3.05, 3.63) is 0 Å². The predicted octanol–water partition coefficient (Wildman–Crippen LogP) is 1.63. The number of nitrogens with zero attached hydrogens (tertiary/aromatic N) is 1. The van der Waals surface area contributed by atoms with E-state index in [9.17, 15) is 0 Å². The topological polar surface area (TPSA) is 35.8 Å². The molecular weight excluding hydrogens is 168 g/mol. The molecule has 0 aromatic heterocycles. The number of hydrogen-bond acceptors (Lipinski definition) is 3. The Balaban J connectivity index is 2.07. The van der Waals surface area contributed by atoms with Crippen LogP contribution in [0.15, 0.2) is 0 Å². The van der Waals surface area contributed by atoms with E-state index < -0.39 is 0 Å². The van der Waals surface area contributed by atoms with E-state index >= 15 is 0 Å². The molecule has 3 heteroatoms. The summed E-state index contributed by atoms with van der Waals surface area (Å²) in [6.07, 6.45) is 4.84. The van der Waals surface area contributed by atoms with Gasteiger partial charge < -0.3 is 5.32 Å². The molecule has 0 spiro atoms. The molecule has 1 atom stereocenters. The van der Waals surface area contributed by atoms with Gasteiger partial charge in [0, 0.05) is 17.8 Å². The van der Waals surface area contributed by atoms with Crippen molar-refractivity contribution in [2.75, 3.05) is 19.3 Å². The maximum absolute atomic E-state index is 8.54. The lowest BCUT2D eigenvalue weighted by atomic mass is 10.2. The van der Waals surface area contributed by atoms with Gasteiger partial charge in [-0.3, -0.25) is 0 Å². The third kappa shape index (κ3) is 2.69. The van der Waals surface area contributed by atoms with Gasteiger partial charge in [0.25, 0.3) is 0 Å². The molecule has 68 valence electrons. The maximum atomic E-state index is 8.54. The van der Waals surface area contributed by atoms with Crippen molar-refractivity contribution in [3.8, 4) is 6.07 Å². The fourth-order valence-corrected chi connectivity index (χ4v) is 1.91. The molecule has 1 unspecified atom stereocenters. The van der Waals surface area contributed by atoms with Crippen molar-refractivity contribution in [2.45, 2.75) is 24.5 Å². The van der Waals surface area contributed by atoms with Gasteiger partial charge in [-0.05, 0) is 26.0 Å². The molecule has 1 fully saturated rings. The number of rotatable bonds is 5. The Hall–Kier alpha value is -0.200. The first-order valence-electron chi connectivity index (χ1n) is 4.38. The standard InChI is InChI=1S/C9H16N2S/c1-8(5-10)6-11-7-9(12-2)3-4-9/h8,11H,3-4,6-7H2,1-2H3. The zero-order chi connectivity index (χ0) is 9.03. The number of nitriles is 1. The predicted molar refractivity (Wildman–Crippen MR) is 53.1 cm³/mol. The van der Waals surface area contributed by atoms with Gasteiger partial charge in [-0.1, -0.05) is 0 Å².